The number of hydrogen-bond acceptors (Lipinski definition) is 11. The summed E-state index contributed by atoms with van der Waals surface area (Å²) in [4.78, 5) is 17.0. The van der Waals surface area contributed by atoms with Gasteiger partial charge in [0.25, 0.3) is 0 Å². The number of aryl methyl sites for hydroxylation is 1. The fourth-order valence-corrected chi connectivity index (χ4v) is 9.99. The molecular formula is C39H38F6N8O2S. The van der Waals surface area contributed by atoms with E-state index >= 15 is 17.6 Å². The van der Waals surface area contributed by atoms with Crippen LogP contribution in [0.5, 0.6) is 11.8 Å². The van der Waals surface area contributed by atoms with Gasteiger partial charge < -0.3 is 25.8 Å². The highest BCUT2D eigenvalue weighted by Gasteiger charge is 2.46. The first kappa shape index (κ1) is 37.8. The van der Waals surface area contributed by atoms with E-state index in [4.69, 9.17) is 20.9 Å². The Balaban J connectivity index is 0.000000427. The van der Waals surface area contributed by atoms with Crippen molar-refractivity contribution in [2.24, 2.45) is 0 Å². The third-order valence-corrected chi connectivity index (χ3v) is 12.4. The highest BCUT2D eigenvalue weighted by Crippen LogP contribution is 2.54. The zero-order chi connectivity index (χ0) is 39.6. The molecule has 0 bridgehead atoms. The maximum Gasteiger partial charge on any atom is 0.420 e. The molecular weight excluding hydrogens is 759 g/mol. The Morgan fingerprint density at radius 3 is 2.64 bits per heavy atom. The van der Waals surface area contributed by atoms with Crippen molar-refractivity contribution in [3.8, 4) is 29.0 Å². The Bertz CT molecular complexity index is 2390. The van der Waals surface area contributed by atoms with Crippen LogP contribution in [0.3, 0.4) is 0 Å². The van der Waals surface area contributed by atoms with Crippen LogP contribution in [0.25, 0.3) is 32.1 Å². The lowest BCUT2D eigenvalue weighted by Crippen LogP contribution is -2.43. The minimum atomic E-state index is -5.18. The van der Waals surface area contributed by atoms with Crippen LogP contribution in [0, 0.1) is 23.0 Å². The Kier molecular flexibility index (Phi) is 9.76. The van der Waals surface area contributed by atoms with E-state index in [1.54, 1.807) is 6.20 Å². The number of fused-ring (bicyclic) bond motifs is 3. The maximum absolute atomic E-state index is 17.0. The molecule has 2 aromatic carbocycles. The van der Waals surface area contributed by atoms with E-state index in [-0.39, 0.29) is 56.0 Å². The van der Waals surface area contributed by atoms with Gasteiger partial charge in [0.05, 0.1) is 28.8 Å². The standard InChI is InChI=1S/C32H26F5N7O2S.C7H12FN/c1-3-10-44-18(14-5-4-13-8-9-41-28(39)19(13)14)12-46-26-22-25(42-31(45-2)43-30(22)44)24(34)21(23(26)32(35,36)37)15-6-7-17(33)27-20(15)16(11-38)29(40)47-27;8-6-4-7-2-1-3-9(7)5-6/h6-9,14,18H,3-5,10,12,40H2,1-2H3,(H2,39,41);6-7H,1-5H2. The molecule has 5 aromatic rings. The second kappa shape index (κ2) is 14.5. The van der Waals surface area contributed by atoms with Gasteiger partial charge in [0.1, 0.15) is 58.1 Å². The van der Waals surface area contributed by atoms with Gasteiger partial charge in [-0.05, 0) is 68.3 Å². The van der Waals surface area contributed by atoms with Gasteiger partial charge in [0, 0.05) is 47.8 Å². The van der Waals surface area contributed by atoms with E-state index in [9.17, 15) is 14.0 Å². The molecule has 3 aliphatic heterocycles. The third kappa shape index (κ3) is 6.17. The summed E-state index contributed by atoms with van der Waals surface area (Å²) < 4.78 is 102. The molecule has 0 radical (unpaired) electrons. The van der Waals surface area contributed by atoms with E-state index in [0.29, 0.717) is 55.5 Å². The summed E-state index contributed by atoms with van der Waals surface area (Å²) in [5.41, 5.74) is 10.6. The lowest BCUT2D eigenvalue weighted by atomic mass is 9.91. The maximum atomic E-state index is 17.0. The van der Waals surface area contributed by atoms with E-state index in [0.717, 1.165) is 36.2 Å². The molecule has 4 atom stereocenters. The van der Waals surface area contributed by atoms with Gasteiger partial charge in [0.2, 0.25) is 0 Å². The van der Waals surface area contributed by atoms with Crippen molar-refractivity contribution in [3.05, 3.63) is 58.3 Å². The highest BCUT2D eigenvalue weighted by molar-refractivity contribution is 7.23. The molecule has 6 heterocycles. The zero-order valence-corrected chi connectivity index (χ0v) is 31.3. The van der Waals surface area contributed by atoms with Gasteiger partial charge in [0.15, 0.2) is 5.82 Å². The summed E-state index contributed by atoms with van der Waals surface area (Å²) >= 11 is 0.688. The first-order chi connectivity index (χ1) is 26.9. The molecule has 4 unspecified atom stereocenters. The Morgan fingerprint density at radius 1 is 1.12 bits per heavy atom. The number of nitrogens with two attached hydrogens (primary N) is 2. The van der Waals surface area contributed by atoms with Crippen molar-refractivity contribution in [3.63, 3.8) is 0 Å². The fourth-order valence-electron chi connectivity index (χ4n) is 9.05. The van der Waals surface area contributed by atoms with Gasteiger partial charge >= 0.3 is 12.2 Å². The van der Waals surface area contributed by atoms with Crippen LogP contribution in [0.4, 0.5) is 43.0 Å². The number of nitrogen functional groups attached to an aromatic ring is 2. The van der Waals surface area contributed by atoms with Gasteiger partial charge in [-0.2, -0.15) is 28.4 Å². The van der Waals surface area contributed by atoms with Gasteiger partial charge in [-0.15, -0.1) is 11.3 Å². The van der Waals surface area contributed by atoms with Gasteiger partial charge in [-0.1, -0.05) is 13.0 Å². The van der Waals surface area contributed by atoms with Crippen LogP contribution >= 0.6 is 11.3 Å². The predicted molar refractivity (Wildman–Crippen MR) is 202 cm³/mol. The second-order valence-electron chi connectivity index (χ2n) is 14.5. The van der Waals surface area contributed by atoms with Gasteiger partial charge in [-0.25, -0.2) is 18.2 Å². The van der Waals surface area contributed by atoms with E-state index < -0.39 is 52.4 Å². The van der Waals surface area contributed by atoms with Crippen molar-refractivity contribution in [1.82, 2.24) is 19.9 Å². The molecule has 9 rings (SSSR count). The summed E-state index contributed by atoms with van der Waals surface area (Å²) in [7, 11) is 1.27. The number of methoxy groups -OCH3 is 1. The minimum absolute atomic E-state index is 0.0137. The molecule has 1 aliphatic carbocycles. The summed E-state index contributed by atoms with van der Waals surface area (Å²) in [6, 6.07) is 5.38. The second-order valence-corrected chi connectivity index (χ2v) is 15.6. The number of anilines is 3. The quantitative estimate of drug-likeness (QED) is 0.168. The van der Waals surface area contributed by atoms with Crippen LogP contribution in [0.15, 0.2) is 24.4 Å². The largest absolute Gasteiger partial charge is 0.490 e. The molecule has 294 valence electrons. The van der Waals surface area contributed by atoms with Crippen LogP contribution < -0.4 is 25.8 Å². The lowest BCUT2D eigenvalue weighted by Gasteiger charge is -2.35. The molecule has 0 saturated carbocycles. The van der Waals surface area contributed by atoms with Crippen LogP contribution in [-0.2, 0) is 12.6 Å². The number of benzene rings is 2. The molecule has 10 nitrogen and oxygen atoms in total. The summed E-state index contributed by atoms with van der Waals surface area (Å²) in [5.74, 6) is -2.82. The van der Waals surface area contributed by atoms with Crippen LogP contribution in [0.1, 0.15) is 67.2 Å². The minimum Gasteiger partial charge on any atom is -0.490 e. The van der Waals surface area contributed by atoms with E-state index in [1.807, 2.05) is 24.0 Å². The van der Waals surface area contributed by atoms with Crippen LogP contribution in [-0.4, -0.2) is 71.5 Å². The average molecular weight is 797 g/mol. The Hall–Kier alpha value is -5.08. The van der Waals surface area contributed by atoms with Crippen molar-refractivity contribution >= 4 is 49.0 Å². The molecule has 56 heavy (non-hydrogen) atoms. The number of rotatable bonds is 5. The number of nitriles is 1. The third-order valence-electron chi connectivity index (χ3n) is 11.3. The summed E-state index contributed by atoms with van der Waals surface area (Å²) in [6.07, 6.45) is 1.11. The zero-order valence-electron chi connectivity index (χ0n) is 30.5. The van der Waals surface area contributed by atoms with Crippen molar-refractivity contribution in [2.45, 2.75) is 75.8 Å². The summed E-state index contributed by atoms with van der Waals surface area (Å²) in [6.45, 7) is 3.85. The molecule has 0 spiro atoms. The normalized spacial score (nSPS) is 21.7. The molecule has 4 aliphatic rings. The topological polar surface area (TPSA) is 139 Å². The van der Waals surface area contributed by atoms with Crippen molar-refractivity contribution < 1.29 is 35.8 Å². The van der Waals surface area contributed by atoms with Crippen molar-refractivity contribution in [1.29, 1.82) is 5.26 Å². The molecule has 2 fully saturated rings. The molecule has 2 saturated heterocycles. The lowest BCUT2D eigenvalue weighted by molar-refractivity contribution is -0.138. The Labute approximate surface area is 322 Å². The number of halogens is 6. The number of aromatic nitrogens is 3. The number of pyridine rings is 1. The number of hydrogen-bond donors (Lipinski definition) is 2. The number of thiophene rings is 1. The SMILES string of the molecule is CCCN1c2nc(OC)nc3c(F)c(-c4ccc(F)c5sc(N)c(C#N)c45)c(C(F)(F)F)c(c23)OCC1C1CCc2ccnc(N)c21.FC1CC2CCCN2C1. The first-order valence-corrected chi connectivity index (χ1v) is 19.3. The smallest absolute Gasteiger partial charge is 0.420 e. The number of nitrogens with zero attached hydrogens (tertiary/aromatic N) is 6. The van der Waals surface area contributed by atoms with Gasteiger partial charge in [-0.3, -0.25) is 4.90 Å². The molecule has 17 heteroatoms. The molecule has 0 amide bonds. The van der Waals surface area contributed by atoms with E-state index in [1.165, 1.54) is 20.0 Å². The average Bonchev–Trinajstić information content (AvgIpc) is 3.93. The predicted octanol–water partition coefficient (Wildman–Crippen LogP) is 8.15. The Morgan fingerprint density at radius 2 is 1.93 bits per heavy atom. The summed E-state index contributed by atoms with van der Waals surface area (Å²) in [5, 5.41) is 9.21. The first-order valence-electron chi connectivity index (χ1n) is 18.5. The molecule has 3 aromatic heterocycles. The molecule has 4 N–H and O–H groups in total. The van der Waals surface area contributed by atoms with Crippen LogP contribution in [0.2, 0.25) is 0 Å². The van der Waals surface area contributed by atoms with Crippen molar-refractivity contribution in [2.75, 3.05) is 49.7 Å². The fraction of sp³-hybridized carbons (Fsp3) is 0.436. The highest BCUT2D eigenvalue weighted by atomic mass is 32.1. The van der Waals surface area contributed by atoms with E-state index in [2.05, 4.69) is 19.9 Å². The number of alkyl halides is 4. The number of ether oxygens (including phenoxy) is 2. The monoisotopic (exact) mass is 796 g/mol.